The van der Waals surface area contributed by atoms with Crippen LogP contribution >= 0.6 is 11.6 Å². The molecule has 6 heteroatoms. The fourth-order valence-electron chi connectivity index (χ4n) is 4.63. The molecule has 0 N–H and O–H groups in total. The number of carbonyl (C=O) groups is 1. The molecule has 1 atom stereocenters. The van der Waals surface area contributed by atoms with Gasteiger partial charge < -0.3 is 9.47 Å². The average molecular weight is 437 g/mol. The zero-order valence-electron chi connectivity index (χ0n) is 17.3. The number of nitrogens with zero attached hydrogens (tertiary/aromatic N) is 2. The third kappa shape index (κ3) is 4.05. The third-order valence-electron chi connectivity index (χ3n) is 6.37. The van der Waals surface area contributed by atoms with E-state index in [4.69, 9.17) is 21.1 Å². The fourth-order valence-corrected chi connectivity index (χ4v) is 4.84. The molecule has 3 aromatic rings. The maximum Gasteiger partial charge on any atom is 0.177 e. The molecule has 5 rings (SSSR count). The van der Waals surface area contributed by atoms with Crippen LogP contribution in [-0.4, -0.2) is 47.7 Å². The number of halogens is 1. The van der Waals surface area contributed by atoms with Crippen LogP contribution in [0.4, 0.5) is 0 Å². The van der Waals surface area contributed by atoms with Crippen LogP contribution in [0, 0.1) is 0 Å². The number of piperidine rings is 1. The number of rotatable bonds is 5. The van der Waals surface area contributed by atoms with Gasteiger partial charge in [-0.3, -0.25) is 14.7 Å². The molecule has 0 unspecified atom stereocenters. The van der Waals surface area contributed by atoms with Gasteiger partial charge in [-0.15, -0.1) is 0 Å². The number of fused-ring (bicyclic) bond motifs is 1. The van der Waals surface area contributed by atoms with E-state index in [-0.39, 0.29) is 6.10 Å². The van der Waals surface area contributed by atoms with E-state index < -0.39 is 5.72 Å². The molecule has 2 fully saturated rings. The van der Waals surface area contributed by atoms with E-state index in [0.29, 0.717) is 11.6 Å². The highest BCUT2D eigenvalue weighted by molar-refractivity contribution is 6.35. The van der Waals surface area contributed by atoms with Crippen molar-refractivity contribution in [3.8, 4) is 16.9 Å². The summed E-state index contributed by atoms with van der Waals surface area (Å²) in [6.45, 7) is 2.30. The largest absolute Gasteiger partial charge is 0.490 e. The molecule has 5 nitrogen and oxygen atoms in total. The minimum Gasteiger partial charge on any atom is -0.490 e. The molecule has 0 aliphatic carbocycles. The Morgan fingerprint density at radius 2 is 1.87 bits per heavy atom. The van der Waals surface area contributed by atoms with Crippen LogP contribution in [-0.2, 0) is 9.53 Å². The first-order chi connectivity index (χ1) is 15.2. The molecule has 0 radical (unpaired) electrons. The Morgan fingerprint density at radius 1 is 1.10 bits per heavy atom. The molecule has 0 bridgehead atoms. The van der Waals surface area contributed by atoms with Gasteiger partial charge in [-0.1, -0.05) is 35.9 Å². The summed E-state index contributed by atoms with van der Waals surface area (Å²) in [7, 11) is 0. The van der Waals surface area contributed by atoms with Crippen LogP contribution in [0.2, 0.25) is 5.02 Å². The highest BCUT2D eigenvalue weighted by atomic mass is 35.5. The number of pyridine rings is 1. The molecular weight excluding hydrogens is 412 g/mol. The van der Waals surface area contributed by atoms with Crippen LogP contribution < -0.4 is 4.74 Å². The summed E-state index contributed by atoms with van der Waals surface area (Å²) in [6.07, 6.45) is 6.37. The van der Waals surface area contributed by atoms with Gasteiger partial charge in [0.15, 0.2) is 12.0 Å². The van der Waals surface area contributed by atoms with Gasteiger partial charge >= 0.3 is 0 Å². The van der Waals surface area contributed by atoms with E-state index in [1.54, 1.807) is 12.3 Å². The molecule has 0 saturated carbocycles. The fraction of sp³-hybridized carbons (Fsp3) is 0.360. The lowest BCUT2D eigenvalue weighted by Crippen LogP contribution is -2.54. The Balaban J connectivity index is 1.23. The van der Waals surface area contributed by atoms with Gasteiger partial charge in [0.05, 0.1) is 10.5 Å². The molecule has 2 aliphatic rings. The number of aromatic nitrogens is 1. The van der Waals surface area contributed by atoms with Crippen LogP contribution in [0.3, 0.4) is 0 Å². The van der Waals surface area contributed by atoms with E-state index in [1.807, 2.05) is 18.2 Å². The van der Waals surface area contributed by atoms with E-state index in [9.17, 15) is 4.79 Å². The lowest BCUT2D eigenvalue weighted by molar-refractivity contribution is -0.156. The van der Waals surface area contributed by atoms with Crippen LogP contribution in [0.5, 0.6) is 5.75 Å². The quantitative estimate of drug-likeness (QED) is 0.520. The second-order valence-corrected chi connectivity index (χ2v) is 8.68. The molecule has 2 aliphatic heterocycles. The normalized spacial score (nSPS) is 22.6. The monoisotopic (exact) mass is 436 g/mol. The highest BCUT2D eigenvalue weighted by Gasteiger charge is 2.42. The average Bonchev–Trinajstić information content (AvgIpc) is 3.30. The second-order valence-electron chi connectivity index (χ2n) is 8.27. The highest BCUT2D eigenvalue weighted by Crippen LogP contribution is 2.32. The molecule has 160 valence electrons. The van der Waals surface area contributed by atoms with Crippen molar-refractivity contribution in [2.24, 2.45) is 0 Å². The van der Waals surface area contributed by atoms with Crippen molar-refractivity contribution in [3.05, 3.63) is 59.8 Å². The maximum atomic E-state index is 11.6. The first-order valence-electron chi connectivity index (χ1n) is 10.8. The summed E-state index contributed by atoms with van der Waals surface area (Å²) < 4.78 is 12.0. The number of likely N-dealkylation sites (tertiary alicyclic amines) is 1. The molecule has 31 heavy (non-hydrogen) atoms. The molecule has 0 amide bonds. The van der Waals surface area contributed by atoms with Gasteiger partial charge in [0.25, 0.3) is 0 Å². The number of carbonyl (C=O) groups excluding carboxylic acids is 1. The summed E-state index contributed by atoms with van der Waals surface area (Å²) >= 11 is 6.25. The SMILES string of the molecule is O=C[C@@]1(N2CCC(Oc3ccc(-c4ccc5c(Cl)ccnc5c4)cc3)CC2)CCCO1. The number of ether oxygens (including phenoxy) is 2. The maximum absolute atomic E-state index is 11.6. The van der Waals surface area contributed by atoms with Gasteiger partial charge in [0.1, 0.15) is 11.9 Å². The van der Waals surface area contributed by atoms with Crippen molar-refractivity contribution in [2.45, 2.75) is 37.5 Å². The van der Waals surface area contributed by atoms with Gasteiger partial charge in [0.2, 0.25) is 0 Å². The Labute approximate surface area is 186 Å². The summed E-state index contributed by atoms with van der Waals surface area (Å²) in [5.41, 5.74) is 2.39. The predicted octanol–water partition coefficient (Wildman–Crippen LogP) is 5.10. The summed E-state index contributed by atoms with van der Waals surface area (Å²) in [5.74, 6) is 0.867. The number of hydrogen-bond acceptors (Lipinski definition) is 5. The summed E-state index contributed by atoms with van der Waals surface area (Å²) in [6, 6.07) is 16.1. The Kier molecular flexibility index (Phi) is 5.65. The van der Waals surface area contributed by atoms with E-state index in [0.717, 1.165) is 72.8 Å². The van der Waals surface area contributed by atoms with Crippen LogP contribution in [0.15, 0.2) is 54.7 Å². The topological polar surface area (TPSA) is 51.7 Å². The van der Waals surface area contributed by atoms with E-state index in [1.165, 1.54) is 0 Å². The molecule has 0 spiro atoms. The van der Waals surface area contributed by atoms with Crippen LogP contribution in [0.1, 0.15) is 25.7 Å². The van der Waals surface area contributed by atoms with Crippen molar-refractivity contribution >= 4 is 28.8 Å². The predicted molar refractivity (Wildman–Crippen MR) is 121 cm³/mol. The second kappa shape index (κ2) is 8.58. The standard InChI is InChI=1S/C25H25ClN2O3/c26-23-8-12-27-24-16-19(4-7-22(23)24)18-2-5-20(6-3-18)31-21-9-13-28(14-10-21)25(17-29)11-1-15-30-25/h2-8,12,16-17,21H,1,9-11,13-15H2/t25-/m1/s1. The van der Waals surface area contributed by atoms with Crippen molar-refractivity contribution in [1.82, 2.24) is 9.88 Å². The summed E-state index contributed by atoms with van der Waals surface area (Å²) in [5, 5.41) is 1.67. The lowest BCUT2D eigenvalue weighted by Gasteiger charge is -2.40. The zero-order valence-corrected chi connectivity index (χ0v) is 18.1. The van der Waals surface area contributed by atoms with E-state index >= 15 is 0 Å². The van der Waals surface area contributed by atoms with Crippen molar-refractivity contribution < 1.29 is 14.3 Å². The number of benzene rings is 2. The Morgan fingerprint density at radius 3 is 2.58 bits per heavy atom. The van der Waals surface area contributed by atoms with E-state index in [2.05, 4.69) is 34.1 Å². The minimum atomic E-state index is -0.703. The van der Waals surface area contributed by atoms with Gasteiger partial charge in [-0.2, -0.15) is 0 Å². The first-order valence-corrected chi connectivity index (χ1v) is 11.2. The first kappa shape index (κ1) is 20.4. The Bertz CT molecular complexity index is 1070. The molecule has 2 aromatic carbocycles. The lowest BCUT2D eigenvalue weighted by atomic mass is 10.0. The zero-order chi connectivity index (χ0) is 21.3. The third-order valence-corrected chi connectivity index (χ3v) is 6.70. The van der Waals surface area contributed by atoms with Gasteiger partial charge in [0, 0.05) is 31.3 Å². The summed E-state index contributed by atoms with van der Waals surface area (Å²) in [4.78, 5) is 18.2. The molecule has 3 heterocycles. The van der Waals surface area contributed by atoms with Crippen molar-refractivity contribution in [1.29, 1.82) is 0 Å². The Hall–Kier alpha value is -2.47. The van der Waals surface area contributed by atoms with Crippen molar-refractivity contribution in [2.75, 3.05) is 19.7 Å². The number of aldehydes is 1. The van der Waals surface area contributed by atoms with Crippen LogP contribution in [0.25, 0.3) is 22.0 Å². The van der Waals surface area contributed by atoms with Gasteiger partial charge in [-0.25, -0.2) is 0 Å². The minimum absolute atomic E-state index is 0.152. The van der Waals surface area contributed by atoms with Crippen molar-refractivity contribution in [3.63, 3.8) is 0 Å². The smallest absolute Gasteiger partial charge is 0.177 e. The molecule has 1 aromatic heterocycles. The van der Waals surface area contributed by atoms with Gasteiger partial charge in [-0.05, 0) is 61.1 Å². The number of hydrogen-bond donors (Lipinski definition) is 0. The molecular formula is C25H25ClN2O3. The molecule has 2 saturated heterocycles.